The van der Waals surface area contributed by atoms with Crippen molar-refractivity contribution >= 4 is 0 Å². The van der Waals surface area contributed by atoms with Gasteiger partial charge in [-0.1, -0.05) is 92.7 Å². The van der Waals surface area contributed by atoms with Crippen LogP contribution in [-0.4, -0.2) is 0 Å². The fraction of sp³-hybridized carbons (Fsp3) is 0.182. The largest absolute Gasteiger partial charge is 0.0622 e. The molecule has 0 nitrogen and oxygen atoms in total. The monoisotopic (exact) mass is 284 g/mol. The van der Waals surface area contributed by atoms with Gasteiger partial charge in [0, 0.05) is 11.3 Å². The first kappa shape index (κ1) is 13.3. The lowest BCUT2D eigenvalue weighted by Crippen LogP contribution is -2.29. The van der Waals surface area contributed by atoms with Crippen LogP contribution in [0.15, 0.2) is 78.9 Å². The van der Waals surface area contributed by atoms with Crippen molar-refractivity contribution in [3.8, 4) is 0 Å². The van der Waals surface area contributed by atoms with E-state index in [1.165, 1.54) is 27.8 Å². The number of hydrogen-bond acceptors (Lipinski definition) is 0. The van der Waals surface area contributed by atoms with E-state index in [2.05, 4.69) is 92.7 Å². The van der Waals surface area contributed by atoms with Crippen LogP contribution in [0.2, 0.25) is 0 Å². The average Bonchev–Trinajstić information content (AvgIpc) is 2.56. The van der Waals surface area contributed by atoms with Gasteiger partial charge in [0.1, 0.15) is 0 Å². The van der Waals surface area contributed by atoms with Crippen LogP contribution in [0.4, 0.5) is 0 Å². The molecule has 3 aromatic rings. The van der Waals surface area contributed by atoms with Crippen LogP contribution in [0, 0.1) is 0 Å². The first-order valence-electron chi connectivity index (χ1n) is 7.93. The Balaban J connectivity index is 2.05. The molecule has 1 aliphatic rings. The normalized spacial score (nSPS) is 15.9. The fourth-order valence-corrected chi connectivity index (χ4v) is 3.95. The van der Waals surface area contributed by atoms with Gasteiger partial charge in [0.25, 0.3) is 0 Å². The van der Waals surface area contributed by atoms with E-state index in [0.717, 1.165) is 0 Å². The first-order chi connectivity index (χ1) is 10.7. The molecule has 0 heteroatoms. The highest BCUT2D eigenvalue weighted by Crippen LogP contribution is 2.48. The van der Waals surface area contributed by atoms with Gasteiger partial charge >= 0.3 is 0 Å². The number of hydrogen-bond donors (Lipinski definition) is 0. The van der Waals surface area contributed by atoms with Gasteiger partial charge in [-0.05, 0) is 27.8 Å². The number of benzene rings is 3. The average molecular weight is 284 g/mol. The number of rotatable bonds is 1. The minimum absolute atomic E-state index is 0.0540. The molecular weight excluding hydrogens is 264 g/mol. The van der Waals surface area contributed by atoms with Gasteiger partial charge < -0.3 is 0 Å². The Kier molecular flexibility index (Phi) is 2.94. The molecule has 0 saturated carbocycles. The summed E-state index contributed by atoms with van der Waals surface area (Å²) in [6.07, 6.45) is 0. The molecule has 0 unspecified atom stereocenters. The van der Waals surface area contributed by atoms with E-state index in [4.69, 9.17) is 0 Å². The zero-order valence-electron chi connectivity index (χ0n) is 13.1. The van der Waals surface area contributed by atoms with E-state index in [9.17, 15) is 0 Å². The Morgan fingerprint density at radius 3 is 1.59 bits per heavy atom. The lowest BCUT2D eigenvalue weighted by Gasteiger charge is -2.39. The van der Waals surface area contributed by atoms with Crippen molar-refractivity contribution in [1.82, 2.24) is 0 Å². The fourth-order valence-electron chi connectivity index (χ4n) is 3.95. The van der Waals surface area contributed by atoms with Crippen LogP contribution < -0.4 is 0 Å². The standard InChI is InChI=1S/C22H20/c1-22(2)19-14-8-6-12-17(19)21(16-10-4-3-5-11-16)18-13-7-9-15-20(18)22/h3-15,21H,1-2H3. The molecule has 22 heavy (non-hydrogen) atoms. The smallest absolute Gasteiger partial charge is 0.0346 e. The topological polar surface area (TPSA) is 0 Å². The molecule has 0 fully saturated rings. The van der Waals surface area contributed by atoms with E-state index in [1.54, 1.807) is 0 Å². The van der Waals surface area contributed by atoms with Gasteiger partial charge in [-0.25, -0.2) is 0 Å². The van der Waals surface area contributed by atoms with Gasteiger partial charge in [-0.15, -0.1) is 0 Å². The van der Waals surface area contributed by atoms with E-state index >= 15 is 0 Å². The molecule has 0 radical (unpaired) electrons. The van der Waals surface area contributed by atoms with E-state index < -0.39 is 0 Å². The highest BCUT2D eigenvalue weighted by molar-refractivity contribution is 5.59. The van der Waals surface area contributed by atoms with Crippen molar-refractivity contribution in [2.75, 3.05) is 0 Å². The molecule has 4 rings (SSSR count). The molecular formula is C22H20. The molecule has 0 heterocycles. The van der Waals surface area contributed by atoms with Crippen molar-refractivity contribution in [1.29, 1.82) is 0 Å². The second-order valence-electron chi connectivity index (χ2n) is 6.64. The Labute approximate surface area is 132 Å². The molecule has 0 saturated heterocycles. The third-order valence-electron chi connectivity index (χ3n) is 5.02. The third kappa shape index (κ3) is 1.84. The van der Waals surface area contributed by atoms with Crippen molar-refractivity contribution in [3.63, 3.8) is 0 Å². The molecule has 108 valence electrons. The van der Waals surface area contributed by atoms with Crippen LogP contribution in [0.1, 0.15) is 47.6 Å². The molecule has 0 bridgehead atoms. The molecule has 0 aliphatic heterocycles. The second-order valence-corrected chi connectivity index (χ2v) is 6.64. The maximum absolute atomic E-state index is 2.34. The van der Waals surface area contributed by atoms with E-state index in [1.807, 2.05) is 0 Å². The van der Waals surface area contributed by atoms with Crippen LogP contribution in [0.25, 0.3) is 0 Å². The summed E-state index contributed by atoms with van der Waals surface area (Å²) in [5, 5.41) is 0. The van der Waals surface area contributed by atoms with Crippen molar-refractivity contribution in [2.45, 2.75) is 25.2 Å². The van der Waals surface area contributed by atoms with Gasteiger partial charge in [0.05, 0.1) is 0 Å². The summed E-state index contributed by atoms with van der Waals surface area (Å²) in [4.78, 5) is 0. The predicted octanol–water partition coefficient (Wildman–Crippen LogP) is 5.51. The summed E-state index contributed by atoms with van der Waals surface area (Å²) >= 11 is 0. The maximum atomic E-state index is 2.34. The first-order valence-corrected chi connectivity index (χ1v) is 7.93. The van der Waals surface area contributed by atoms with Crippen LogP contribution in [-0.2, 0) is 5.41 Å². The lowest BCUT2D eigenvalue weighted by atomic mass is 9.64. The lowest BCUT2D eigenvalue weighted by molar-refractivity contribution is 0.597. The molecule has 0 aromatic heterocycles. The quantitative estimate of drug-likeness (QED) is 0.553. The van der Waals surface area contributed by atoms with Gasteiger partial charge in [-0.3, -0.25) is 0 Å². The van der Waals surface area contributed by atoms with Crippen molar-refractivity contribution in [2.24, 2.45) is 0 Å². The highest BCUT2D eigenvalue weighted by Gasteiger charge is 2.37. The molecule has 0 atom stereocenters. The Hall–Kier alpha value is -2.34. The summed E-state index contributed by atoms with van der Waals surface area (Å²) in [6.45, 7) is 4.68. The zero-order valence-corrected chi connectivity index (χ0v) is 13.1. The number of fused-ring (bicyclic) bond motifs is 2. The van der Waals surface area contributed by atoms with Crippen LogP contribution in [0.5, 0.6) is 0 Å². The highest BCUT2D eigenvalue weighted by atomic mass is 14.4. The minimum atomic E-state index is 0.0540. The van der Waals surface area contributed by atoms with E-state index in [-0.39, 0.29) is 5.41 Å². The van der Waals surface area contributed by atoms with Gasteiger partial charge in [0.15, 0.2) is 0 Å². The van der Waals surface area contributed by atoms with Gasteiger partial charge in [0.2, 0.25) is 0 Å². The predicted molar refractivity (Wildman–Crippen MR) is 92.4 cm³/mol. The molecule has 3 aromatic carbocycles. The van der Waals surface area contributed by atoms with E-state index in [0.29, 0.717) is 5.92 Å². The van der Waals surface area contributed by atoms with Crippen molar-refractivity contribution in [3.05, 3.63) is 107 Å². The van der Waals surface area contributed by atoms with Crippen molar-refractivity contribution < 1.29 is 0 Å². The minimum Gasteiger partial charge on any atom is -0.0622 e. The van der Waals surface area contributed by atoms with Crippen LogP contribution in [0.3, 0.4) is 0 Å². The molecule has 1 aliphatic carbocycles. The Morgan fingerprint density at radius 1 is 0.591 bits per heavy atom. The summed E-state index contributed by atoms with van der Waals surface area (Å²) in [6, 6.07) is 28.7. The second kappa shape index (κ2) is 4.84. The molecule has 0 spiro atoms. The summed E-state index contributed by atoms with van der Waals surface area (Å²) in [5.74, 6) is 0.335. The molecule has 0 N–H and O–H groups in total. The SMILES string of the molecule is CC1(C)c2ccccc2C(c2ccccc2)c2ccccc21. The molecule has 0 amide bonds. The summed E-state index contributed by atoms with van der Waals surface area (Å²) < 4.78 is 0. The summed E-state index contributed by atoms with van der Waals surface area (Å²) in [5.41, 5.74) is 7.20. The zero-order chi connectivity index (χ0) is 15.2. The maximum Gasteiger partial charge on any atom is 0.0346 e. The van der Waals surface area contributed by atoms with Crippen LogP contribution >= 0.6 is 0 Å². The third-order valence-corrected chi connectivity index (χ3v) is 5.02. The Morgan fingerprint density at radius 2 is 1.05 bits per heavy atom. The Bertz CT molecular complexity index is 763. The van der Waals surface area contributed by atoms with Gasteiger partial charge in [-0.2, -0.15) is 0 Å². The summed E-state index contributed by atoms with van der Waals surface area (Å²) in [7, 11) is 0.